The van der Waals surface area contributed by atoms with Crippen molar-refractivity contribution in [2.24, 2.45) is 0 Å². The van der Waals surface area contributed by atoms with Gasteiger partial charge in [-0.05, 0) is 24.7 Å². The number of fused-ring (bicyclic) bond motifs is 1. The molecule has 2 aromatic rings. The molecule has 16 heavy (non-hydrogen) atoms. The van der Waals surface area contributed by atoms with E-state index in [-0.39, 0.29) is 0 Å². The van der Waals surface area contributed by atoms with Gasteiger partial charge in [-0.2, -0.15) is 13.2 Å². The van der Waals surface area contributed by atoms with Gasteiger partial charge >= 0.3 is 6.18 Å². The number of halogens is 3. The maximum Gasteiger partial charge on any atom is 0.431 e. The zero-order valence-electron chi connectivity index (χ0n) is 8.65. The Labute approximate surface area is 90.5 Å². The van der Waals surface area contributed by atoms with Gasteiger partial charge in [0.25, 0.3) is 0 Å². The highest BCUT2D eigenvalue weighted by Gasteiger charge is 2.32. The minimum atomic E-state index is -4.32. The minimum absolute atomic E-state index is 0.514. The molecule has 2 rings (SSSR count). The number of hydrogen-bond acceptors (Lipinski definition) is 1. The second-order valence-corrected chi connectivity index (χ2v) is 3.63. The second kappa shape index (κ2) is 3.83. The van der Waals surface area contributed by atoms with E-state index >= 15 is 0 Å². The molecule has 0 aliphatic heterocycles. The molecule has 1 heterocycles. The van der Waals surface area contributed by atoms with Crippen molar-refractivity contribution < 1.29 is 13.2 Å². The molecule has 86 valence electrons. The molecule has 1 aromatic carbocycles. The summed E-state index contributed by atoms with van der Waals surface area (Å²) >= 11 is 0. The highest BCUT2D eigenvalue weighted by molar-refractivity contribution is 5.81. The summed E-state index contributed by atoms with van der Waals surface area (Å²) < 4.78 is 37.3. The van der Waals surface area contributed by atoms with Crippen molar-refractivity contribution in [3.8, 4) is 0 Å². The third-order valence-corrected chi connectivity index (χ3v) is 2.37. The summed E-state index contributed by atoms with van der Waals surface area (Å²) in [6, 6.07) is 6.35. The predicted molar refractivity (Wildman–Crippen MR) is 56.1 cm³/mol. The maximum absolute atomic E-state index is 12.4. The lowest BCUT2D eigenvalue weighted by Gasteiger charge is -2.01. The van der Waals surface area contributed by atoms with Crippen molar-refractivity contribution in [3.63, 3.8) is 0 Å². The molecule has 0 spiro atoms. The number of hydrogen-bond donors (Lipinski definition) is 2. The second-order valence-electron chi connectivity index (χ2n) is 3.63. The fraction of sp³-hybridized carbons (Fsp3) is 0.273. The molecule has 1 aromatic heterocycles. The number of aromatic nitrogens is 1. The van der Waals surface area contributed by atoms with E-state index in [0.717, 1.165) is 11.6 Å². The van der Waals surface area contributed by atoms with Crippen LogP contribution in [-0.2, 0) is 12.7 Å². The van der Waals surface area contributed by atoms with Crippen LogP contribution in [0, 0.1) is 0 Å². The molecular weight excluding hydrogens is 217 g/mol. The van der Waals surface area contributed by atoms with Crippen molar-refractivity contribution in [2.75, 3.05) is 7.05 Å². The monoisotopic (exact) mass is 228 g/mol. The molecule has 5 heteroatoms. The Balaban J connectivity index is 2.46. The topological polar surface area (TPSA) is 27.8 Å². The molecule has 2 N–H and O–H groups in total. The van der Waals surface area contributed by atoms with Crippen LogP contribution < -0.4 is 5.32 Å². The van der Waals surface area contributed by atoms with E-state index in [0.29, 0.717) is 17.4 Å². The quantitative estimate of drug-likeness (QED) is 0.812. The summed E-state index contributed by atoms with van der Waals surface area (Å²) in [5.41, 5.74) is 0.759. The minimum Gasteiger partial charge on any atom is -0.351 e. The molecule has 0 fully saturated rings. The fourth-order valence-electron chi connectivity index (χ4n) is 1.64. The van der Waals surface area contributed by atoms with Crippen molar-refractivity contribution in [1.82, 2.24) is 10.3 Å². The number of H-pyrrole nitrogens is 1. The zero-order valence-corrected chi connectivity index (χ0v) is 8.65. The fourth-order valence-corrected chi connectivity index (χ4v) is 1.64. The van der Waals surface area contributed by atoms with E-state index < -0.39 is 11.9 Å². The van der Waals surface area contributed by atoms with Gasteiger partial charge in [0, 0.05) is 17.4 Å². The van der Waals surface area contributed by atoms with Crippen LogP contribution in [0.1, 0.15) is 11.3 Å². The Morgan fingerprint density at radius 1 is 1.25 bits per heavy atom. The molecule has 0 bridgehead atoms. The van der Waals surface area contributed by atoms with Crippen molar-refractivity contribution >= 4 is 10.9 Å². The molecule has 0 unspecified atom stereocenters. The van der Waals surface area contributed by atoms with Gasteiger partial charge < -0.3 is 10.3 Å². The average Bonchev–Trinajstić information content (AvgIpc) is 2.60. The summed E-state index contributed by atoms with van der Waals surface area (Å²) in [5.74, 6) is 0. The predicted octanol–water partition coefficient (Wildman–Crippen LogP) is 2.91. The number of nitrogens with one attached hydrogen (secondary N) is 2. The van der Waals surface area contributed by atoms with Crippen LogP contribution >= 0.6 is 0 Å². The molecule has 0 aliphatic carbocycles. The Kier molecular flexibility index (Phi) is 2.63. The molecule has 0 atom stereocenters. The number of alkyl halides is 3. The van der Waals surface area contributed by atoms with Crippen molar-refractivity contribution in [1.29, 1.82) is 0 Å². The molecule has 2 nitrogen and oxygen atoms in total. The maximum atomic E-state index is 12.4. The van der Waals surface area contributed by atoms with E-state index in [1.807, 2.05) is 6.07 Å². The lowest BCUT2D eigenvalue weighted by atomic mass is 10.1. The van der Waals surface area contributed by atoms with Gasteiger partial charge in [-0.15, -0.1) is 0 Å². The lowest BCUT2D eigenvalue weighted by molar-refractivity contribution is -0.140. The lowest BCUT2D eigenvalue weighted by Crippen LogP contribution is -2.05. The SMILES string of the molecule is CNCc1ccc2cc(C(F)(F)F)[nH]c2c1. The summed E-state index contributed by atoms with van der Waals surface area (Å²) in [6.07, 6.45) is -4.32. The first-order valence-electron chi connectivity index (χ1n) is 4.84. The van der Waals surface area contributed by atoms with Crippen molar-refractivity contribution in [3.05, 3.63) is 35.5 Å². The summed E-state index contributed by atoms with van der Waals surface area (Å²) in [4.78, 5) is 2.38. The Morgan fingerprint density at radius 3 is 2.62 bits per heavy atom. The van der Waals surface area contributed by atoms with Crippen LogP contribution in [0.25, 0.3) is 10.9 Å². The first-order valence-corrected chi connectivity index (χ1v) is 4.84. The Hall–Kier alpha value is -1.49. The smallest absolute Gasteiger partial charge is 0.351 e. The van der Waals surface area contributed by atoms with Crippen LogP contribution in [0.5, 0.6) is 0 Å². The summed E-state index contributed by atoms with van der Waals surface area (Å²) in [7, 11) is 1.79. The first kappa shape index (κ1) is 11.0. The number of rotatable bonds is 2. The molecule has 0 radical (unpaired) electrons. The van der Waals surface area contributed by atoms with Gasteiger partial charge in [-0.3, -0.25) is 0 Å². The van der Waals surface area contributed by atoms with Crippen LogP contribution in [0.2, 0.25) is 0 Å². The molecule has 0 saturated heterocycles. The van der Waals surface area contributed by atoms with Gasteiger partial charge in [-0.1, -0.05) is 12.1 Å². The van der Waals surface area contributed by atoms with Gasteiger partial charge in [0.1, 0.15) is 5.69 Å². The molecular formula is C11H11F3N2. The largest absolute Gasteiger partial charge is 0.431 e. The van der Waals surface area contributed by atoms with Gasteiger partial charge in [-0.25, -0.2) is 0 Å². The van der Waals surface area contributed by atoms with E-state index in [2.05, 4.69) is 10.3 Å². The Bertz CT molecular complexity index is 499. The third-order valence-electron chi connectivity index (χ3n) is 2.37. The third kappa shape index (κ3) is 2.04. The summed E-state index contributed by atoms with van der Waals surface area (Å²) in [5, 5.41) is 3.53. The van der Waals surface area contributed by atoms with Crippen LogP contribution in [0.15, 0.2) is 24.3 Å². The van der Waals surface area contributed by atoms with Gasteiger partial charge in [0.05, 0.1) is 0 Å². The van der Waals surface area contributed by atoms with E-state index in [4.69, 9.17) is 0 Å². The van der Waals surface area contributed by atoms with E-state index in [1.54, 1.807) is 19.2 Å². The summed E-state index contributed by atoms with van der Waals surface area (Å²) in [6.45, 7) is 0.635. The van der Waals surface area contributed by atoms with Crippen LogP contribution in [0.3, 0.4) is 0 Å². The normalized spacial score (nSPS) is 12.2. The van der Waals surface area contributed by atoms with Gasteiger partial charge in [0.2, 0.25) is 0 Å². The molecule has 0 amide bonds. The van der Waals surface area contributed by atoms with Crippen LogP contribution in [-0.4, -0.2) is 12.0 Å². The van der Waals surface area contributed by atoms with E-state index in [1.165, 1.54) is 0 Å². The van der Waals surface area contributed by atoms with E-state index in [9.17, 15) is 13.2 Å². The average molecular weight is 228 g/mol. The van der Waals surface area contributed by atoms with Crippen LogP contribution in [0.4, 0.5) is 13.2 Å². The highest BCUT2D eigenvalue weighted by atomic mass is 19.4. The zero-order chi connectivity index (χ0) is 11.8. The Morgan fingerprint density at radius 2 is 2.00 bits per heavy atom. The first-order chi connectivity index (χ1) is 7.50. The standard InChI is InChI=1S/C11H11F3N2/c1-15-6-7-2-3-8-5-10(11(12,13)14)16-9(8)4-7/h2-5,15-16H,6H2,1H3. The van der Waals surface area contributed by atoms with Gasteiger partial charge in [0.15, 0.2) is 0 Å². The molecule has 0 aliphatic rings. The highest BCUT2D eigenvalue weighted by Crippen LogP contribution is 2.31. The number of benzene rings is 1. The number of aromatic amines is 1. The van der Waals surface area contributed by atoms with Crippen molar-refractivity contribution in [2.45, 2.75) is 12.7 Å². The molecule has 0 saturated carbocycles.